The predicted molar refractivity (Wildman–Crippen MR) is 192 cm³/mol. The fourth-order valence-electron chi connectivity index (χ4n) is 6.84. The molecule has 1 heterocycles. The second-order valence-electron chi connectivity index (χ2n) is 11.8. The van der Waals surface area contributed by atoms with Crippen LogP contribution in [0.5, 0.6) is 0 Å². The summed E-state index contributed by atoms with van der Waals surface area (Å²) in [5.41, 5.74) is 10.3. The highest BCUT2D eigenvalue weighted by Crippen LogP contribution is 2.58. The van der Waals surface area contributed by atoms with E-state index >= 15 is 0 Å². The Hall–Kier alpha value is -4.78. The molecule has 0 N–H and O–H groups in total. The van der Waals surface area contributed by atoms with E-state index in [2.05, 4.69) is 170 Å². The van der Waals surface area contributed by atoms with Gasteiger partial charge in [-0.1, -0.05) is 159 Å². The molecule has 2 atom stereocenters. The smallest absolute Gasteiger partial charge is 0.120 e. The van der Waals surface area contributed by atoms with E-state index in [0.29, 0.717) is 5.66 Å². The maximum absolute atomic E-state index is 5.63. The van der Waals surface area contributed by atoms with E-state index in [0.717, 1.165) is 0 Å². The SMILES string of the molecule is CC(C)P1N=C2C(c3cccc4cccc(-c5ccccc5)c34)=CC=CC2N1c1cccc2cccc(-c3ccccc3)c12. The van der Waals surface area contributed by atoms with E-state index < -0.39 is 8.22 Å². The molecule has 1 aliphatic heterocycles. The Labute approximate surface area is 260 Å². The van der Waals surface area contributed by atoms with Crippen LogP contribution >= 0.6 is 8.22 Å². The predicted octanol–water partition coefficient (Wildman–Crippen LogP) is 11.3. The van der Waals surface area contributed by atoms with Gasteiger partial charge in [0.25, 0.3) is 0 Å². The Balaban J connectivity index is 1.31. The molecule has 2 aliphatic rings. The Morgan fingerprint density at radius 3 is 1.75 bits per heavy atom. The third-order valence-electron chi connectivity index (χ3n) is 8.76. The summed E-state index contributed by atoms with van der Waals surface area (Å²) in [4.78, 5) is 0. The van der Waals surface area contributed by atoms with E-state index in [1.807, 2.05) is 0 Å². The molecule has 0 radical (unpaired) electrons. The summed E-state index contributed by atoms with van der Waals surface area (Å²) in [6, 6.07) is 48.4. The minimum absolute atomic E-state index is 0.0667. The highest BCUT2D eigenvalue weighted by Gasteiger charge is 2.40. The molecule has 0 amide bonds. The fourth-order valence-corrected chi connectivity index (χ4v) is 8.94. The van der Waals surface area contributed by atoms with Gasteiger partial charge < -0.3 is 4.67 Å². The van der Waals surface area contributed by atoms with Gasteiger partial charge in [0.2, 0.25) is 0 Å². The first-order valence-electron chi connectivity index (χ1n) is 15.4. The zero-order valence-corrected chi connectivity index (χ0v) is 25.8. The van der Waals surface area contributed by atoms with Crippen molar-refractivity contribution in [2.24, 2.45) is 4.76 Å². The standard InChI is InChI=1S/C41H33N2P/c1-28(2)44-42-41-36(35-24-11-19-31-18-9-22-33(39(31)35)29-14-5-3-6-15-29)25-13-27-38(41)43(44)37-26-12-21-32-20-10-23-34(40(32)37)30-16-7-4-8-17-30/h3-28,38H,1-2H3. The zero-order chi connectivity index (χ0) is 29.6. The second-order valence-corrected chi connectivity index (χ2v) is 14.1. The third-order valence-corrected chi connectivity index (χ3v) is 11.0. The lowest BCUT2D eigenvalue weighted by atomic mass is 9.86. The highest BCUT2D eigenvalue weighted by atomic mass is 31.1. The van der Waals surface area contributed by atoms with Crippen LogP contribution in [-0.2, 0) is 0 Å². The Morgan fingerprint density at radius 2 is 1.14 bits per heavy atom. The molecule has 44 heavy (non-hydrogen) atoms. The van der Waals surface area contributed by atoms with Gasteiger partial charge in [0, 0.05) is 16.6 Å². The first-order chi connectivity index (χ1) is 21.7. The van der Waals surface area contributed by atoms with Crippen LogP contribution in [0.2, 0.25) is 0 Å². The van der Waals surface area contributed by atoms with E-state index in [4.69, 9.17) is 4.76 Å². The number of rotatable bonds is 5. The molecule has 1 aliphatic carbocycles. The molecule has 0 spiro atoms. The molecule has 0 aromatic heterocycles. The molecule has 6 aromatic carbocycles. The molecule has 3 heteroatoms. The molecule has 0 fully saturated rings. The van der Waals surface area contributed by atoms with Crippen molar-refractivity contribution in [3.8, 4) is 22.3 Å². The third kappa shape index (κ3) is 4.41. The van der Waals surface area contributed by atoms with Crippen LogP contribution in [0.25, 0.3) is 49.4 Å². The lowest BCUT2D eigenvalue weighted by Crippen LogP contribution is -2.34. The molecular weight excluding hydrogens is 551 g/mol. The summed E-state index contributed by atoms with van der Waals surface area (Å²) in [6.07, 6.45) is 6.88. The van der Waals surface area contributed by atoms with Crippen LogP contribution in [0.15, 0.2) is 156 Å². The minimum atomic E-state index is -0.831. The number of anilines is 1. The lowest BCUT2D eigenvalue weighted by molar-refractivity contribution is 1.03. The number of allylic oxidation sites excluding steroid dienone is 2. The van der Waals surface area contributed by atoms with Gasteiger partial charge in [0.1, 0.15) is 8.22 Å². The van der Waals surface area contributed by atoms with Crippen molar-refractivity contribution >= 4 is 46.7 Å². The maximum Gasteiger partial charge on any atom is 0.120 e. The molecular formula is C41H33N2P. The largest absolute Gasteiger partial charge is 0.319 e. The van der Waals surface area contributed by atoms with Crippen molar-refractivity contribution in [3.05, 3.63) is 157 Å². The molecule has 0 saturated carbocycles. The number of fused-ring (bicyclic) bond motifs is 3. The van der Waals surface area contributed by atoms with Crippen LogP contribution in [0, 0.1) is 0 Å². The van der Waals surface area contributed by atoms with Gasteiger partial charge >= 0.3 is 0 Å². The Morgan fingerprint density at radius 1 is 0.591 bits per heavy atom. The van der Waals surface area contributed by atoms with Crippen molar-refractivity contribution in [1.82, 2.24) is 0 Å². The summed E-state index contributed by atoms with van der Waals surface area (Å²) in [6.45, 7) is 4.64. The van der Waals surface area contributed by atoms with Crippen LogP contribution in [-0.4, -0.2) is 17.4 Å². The van der Waals surface area contributed by atoms with Gasteiger partial charge in [0.05, 0.1) is 17.4 Å². The topological polar surface area (TPSA) is 15.6 Å². The lowest BCUT2D eigenvalue weighted by Gasteiger charge is -2.34. The number of hydrogen-bond acceptors (Lipinski definition) is 2. The van der Waals surface area contributed by atoms with Crippen molar-refractivity contribution in [1.29, 1.82) is 0 Å². The van der Waals surface area contributed by atoms with Crippen molar-refractivity contribution < 1.29 is 0 Å². The monoisotopic (exact) mass is 584 g/mol. The molecule has 0 bridgehead atoms. The molecule has 212 valence electrons. The Bertz CT molecular complexity index is 2100. The number of nitrogens with zero attached hydrogens (tertiary/aromatic N) is 2. The second kappa shape index (κ2) is 11.1. The van der Waals surface area contributed by atoms with Gasteiger partial charge in [-0.3, -0.25) is 0 Å². The van der Waals surface area contributed by atoms with Gasteiger partial charge in [-0.15, -0.1) is 0 Å². The molecule has 6 aromatic rings. The van der Waals surface area contributed by atoms with Crippen LogP contribution in [0.4, 0.5) is 5.69 Å². The average Bonchev–Trinajstić information content (AvgIpc) is 3.48. The minimum Gasteiger partial charge on any atom is -0.319 e. The van der Waals surface area contributed by atoms with Crippen molar-refractivity contribution in [3.63, 3.8) is 0 Å². The van der Waals surface area contributed by atoms with Crippen molar-refractivity contribution in [2.75, 3.05) is 4.67 Å². The normalized spacial score (nSPS) is 17.7. The van der Waals surface area contributed by atoms with Gasteiger partial charge in [-0.05, 0) is 50.0 Å². The van der Waals surface area contributed by atoms with Gasteiger partial charge in [-0.2, -0.15) is 0 Å². The summed E-state index contributed by atoms with van der Waals surface area (Å²) < 4.78 is 8.27. The summed E-state index contributed by atoms with van der Waals surface area (Å²) in [7, 11) is -0.831. The van der Waals surface area contributed by atoms with Crippen LogP contribution < -0.4 is 4.67 Å². The zero-order valence-electron chi connectivity index (χ0n) is 24.9. The number of hydrogen-bond donors (Lipinski definition) is 0. The first-order valence-corrected chi connectivity index (χ1v) is 16.7. The fraction of sp³-hybridized carbons (Fsp3) is 0.0976. The summed E-state index contributed by atoms with van der Waals surface area (Å²) in [5, 5.41) is 5.09. The quantitative estimate of drug-likeness (QED) is 0.184. The molecule has 2 unspecified atom stereocenters. The van der Waals surface area contributed by atoms with Gasteiger partial charge in [-0.25, -0.2) is 4.76 Å². The van der Waals surface area contributed by atoms with E-state index in [1.54, 1.807) is 0 Å². The average molecular weight is 585 g/mol. The van der Waals surface area contributed by atoms with Gasteiger partial charge in [0.15, 0.2) is 0 Å². The highest BCUT2D eigenvalue weighted by molar-refractivity contribution is 7.59. The summed E-state index contributed by atoms with van der Waals surface area (Å²) >= 11 is 0. The maximum atomic E-state index is 5.63. The molecule has 8 rings (SSSR count). The van der Waals surface area contributed by atoms with Crippen LogP contribution in [0.3, 0.4) is 0 Å². The molecule has 2 nitrogen and oxygen atoms in total. The van der Waals surface area contributed by atoms with Crippen molar-refractivity contribution in [2.45, 2.75) is 25.5 Å². The van der Waals surface area contributed by atoms with Crippen LogP contribution in [0.1, 0.15) is 19.4 Å². The summed E-state index contributed by atoms with van der Waals surface area (Å²) in [5.74, 6) is 0. The first kappa shape index (κ1) is 26.8. The number of benzene rings is 6. The van der Waals surface area contributed by atoms with E-state index in [1.165, 1.54) is 66.3 Å². The Kier molecular flexibility index (Phi) is 6.74. The van der Waals surface area contributed by atoms with E-state index in [-0.39, 0.29) is 6.04 Å². The molecule has 0 saturated heterocycles. The van der Waals surface area contributed by atoms with E-state index in [9.17, 15) is 0 Å².